The van der Waals surface area contributed by atoms with Crippen molar-refractivity contribution in [3.05, 3.63) is 23.8 Å². The van der Waals surface area contributed by atoms with Crippen molar-refractivity contribution in [1.29, 1.82) is 0 Å². The molecule has 0 aliphatic carbocycles. The van der Waals surface area contributed by atoms with Crippen LogP contribution in [0.1, 0.15) is 18.9 Å². The summed E-state index contributed by atoms with van der Waals surface area (Å²) in [5.41, 5.74) is 7.35. The highest BCUT2D eigenvalue weighted by Crippen LogP contribution is 2.23. The summed E-state index contributed by atoms with van der Waals surface area (Å²) in [6.45, 7) is 2.37. The maximum absolute atomic E-state index is 9.44. The van der Waals surface area contributed by atoms with Gasteiger partial charge in [0.2, 0.25) is 0 Å². The van der Waals surface area contributed by atoms with Crippen molar-refractivity contribution in [3.8, 4) is 5.75 Å². The molecule has 0 aromatic heterocycles. The van der Waals surface area contributed by atoms with E-state index in [2.05, 4.69) is 0 Å². The molecule has 0 fully saturated rings. The summed E-state index contributed by atoms with van der Waals surface area (Å²) in [7, 11) is 1.61. The number of nitrogen functional groups attached to an aromatic ring is 1. The lowest BCUT2D eigenvalue weighted by atomic mass is 10.1. The number of nitrogens with two attached hydrogens (primary N) is 1. The van der Waals surface area contributed by atoms with Gasteiger partial charge in [-0.05, 0) is 25.0 Å². The summed E-state index contributed by atoms with van der Waals surface area (Å²) in [6.07, 6.45) is 0.533. The van der Waals surface area contributed by atoms with Crippen LogP contribution in [0.15, 0.2) is 18.2 Å². The van der Waals surface area contributed by atoms with Crippen LogP contribution in [-0.2, 0) is 11.2 Å². The molecule has 0 radical (unpaired) electrons. The van der Waals surface area contributed by atoms with E-state index in [0.717, 1.165) is 11.3 Å². The van der Waals surface area contributed by atoms with Crippen molar-refractivity contribution in [1.82, 2.24) is 0 Å². The highest BCUT2D eigenvalue weighted by molar-refractivity contribution is 5.48. The van der Waals surface area contributed by atoms with Crippen LogP contribution in [0.5, 0.6) is 5.75 Å². The second kappa shape index (κ2) is 6.35. The molecule has 4 heteroatoms. The number of aryl methyl sites for hydroxylation is 1. The zero-order valence-electron chi connectivity index (χ0n) is 9.77. The molecule has 0 aliphatic rings. The Morgan fingerprint density at radius 1 is 1.44 bits per heavy atom. The fraction of sp³-hybridized carbons (Fsp3) is 0.500. The molecule has 1 rings (SSSR count). The number of hydrogen-bond donors (Lipinski definition) is 2. The van der Waals surface area contributed by atoms with Crippen LogP contribution < -0.4 is 10.5 Å². The molecule has 0 saturated carbocycles. The third-order valence-electron chi connectivity index (χ3n) is 2.33. The van der Waals surface area contributed by atoms with E-state index >= 15 is 0 Å². The molecule has 0 amide bonds. The fourth-order valence-corrected chi connectivity index (χ4v) is 1.52. The molecule has 1 atom stereocenters. The Morgan fingerprint density at radius 3 is 2.81 bits per heavy atom. The highest BCUT2D eigenvalue weighted by Gasteiger charge is 2.07. The average Bonchev–Trinajstić information content (AvgIpc) is 2.27. The lowest BCUT2D eigenvalue weighted by Gasteiger charge is -2.12. The van der Waals surface area contributed by atoms with Gasteiger partial charge in [0.25, 0.3) is 0 Å². The van der Waals surface area contributed by atoms with Crippen LogP contribution in [0.25, 0.3) is 0 Å². The Bertz CT molecular complexity index is 328. The van der Waals surface area contributed by atoms with Crippen LogP contribution >= 0.6 is 0 Å². The first-order valence-electron chi connectivity index (χ1n) is 5.39. The van der Waals surface area contributed by atoms with E-state index in [1.54, 1.807) is 13.2 Å². The number of ether oxygens (including phenoxy) is 2. The van der Waals surface area contributed by atoms with Gasteiger partial charge in [0, 0.05) is 24.8 Å². The number of benzene rings is 1. The normalized spacial score (nSPS) is 12.4. The van der Waals surface area contributed by atoms with Crippen LogP contribution in [0.4, 0.5) is 5.69 Å². The quantitative estimate of drug-likeness (QED) is 0.569. The standard InChI is InChI=1S/C12H19NO3/c1-3-16-12(14)7-5-9-4-6-10(13)8-11(9)15-2/h4,6,8,12,14H,3,5,7,13H2,1-2H3. The molecule has 1 unspecified atom stereocenters. The minimum atomic E-state index is -0.716. The van der Waals surface area contributed by atoms with Gasteiger partial charge < -0.3 is 20.3 Å². The van der Waals surface area contributed by atoms with Crippen molar-refractivity contribution < 1.29 is 14.6 Å². The second-order valence-electron chi connectivity index (χ2n) is 3.52. The minimum absolute atomic E-state index is 0.514. The third kappa shape index (κ3) is 3.72. The summed E-state index contributed by atoms with van der Waals surface area (Å²) in [4.78, 5) is 0. The monoisotopic (exact) mass is 225 g/mol. The van der Waals surface area contributed by atoms with E-state index in [9.17, 15) is 5.11 Å². The highest BCUT2D eigenvalue weighted by atomic mass is 16.6. The van der Waals surface area contributed by atoms with Gasteiger partial charge in [-0.1, -0.05) is 6.07 Å². The summed E-state index contributed by atoms with van der Waals surface area (Å²) in [6, 6.07) is 5.51. The SMILES string of the molecule is CCOC(O)CCc1ccc(N)cc1OC. The molecular weight excluding hydrogens is 206 g/mol. The van der Waals surface area contributed by atoms with Gasteiger partial charge in [-0.3, -0.25) is 0 Å². The van der Waals surface area contributed by atoms with Crippen molar-refractivity contribution >= 4 is 5.69 Å². The van der Waals surface area contributed by atoms with Crippen molar-refractivity contribution in [2.24, 2.45) is 0 Å². The van der Waals surface area contributed by atoms with Gasteiger partial charge in [-0.2, -0.15) is 0 Å². The van der Waals surface area contributed by atoms with Gasteiger partial charge in [0.15, 0.2) is 6.29 Å². The van der Waals surface area contributed by atoms with Crippen LogP contribution in [0.3, 0.4) is 0 Å². The molecule has 0 saturated heterocycles. The van der Waals surface area contributed by atoms with E-state index < -0.39 is 6.29 Å². The largest absolute Gasteiger partial charge is 0.496 e. The Balaban J connectivity index is 2.59. The Labute approximate surface area is 96.0 Å². The molecular formula is C12H19NO3. The molecule has 90 valence electrons. The predicted octanol–water partition coefficient (Wildman–Crippen LogP) is 1.56. The van der Waals surface area contributed by atoms with Gasteiger partial charge in [0.1, 0.15) is 5.75 Å². The molecule has 0 heterocycles. The number of aliphatic hydroxyl groups is 1. The van der Waals surface area contributed by atoms with Crippen molar-refractivity contribution in [2.75, 3.05) is 19.5 Å². The van der Waals surface area contributed by atoms with E-state index in [4.69, 9.17) is 15.2 Å². The van der Waals surface area contributed by atoms with Gasteiger partial charge >= 0.3 is 0 Å². The maximum atomic E-state index is 9.44. The first-order chi connectivity index (χ1) is 7.67. The van der Waals surface area contributed by atoms with Crippen molar-refractivity contribution in [2.45, 2.75) is 26.1 Å². The Morgan fingerprint density at radius 2 is 2.19 bits per heavy atom. The molecule has 0 bridgehead atoms. The Kier molecular flexibility index (Phi) is 5.08. The van der Waals surface area contributed by atoms with Crippen LogP contribution in [0, 0.1) is 0 Å². The number of rotatable bonds is 6. The first kappa shape index (κ1) is 12.8. The number of anilines is 1. The number of methoxy groups -OCH3 is 1. The molecule has 1 aromatic carbocycles. The van der Waals surface area contributed by atoms with Gasteiger partial charge in [0.05, 0.1) is 7.11 Å². The lowest BCUT2D eigenvalue weighted by molar-refractivity contribution is -0.0980. The molecule has 0 aliphatic heterocycles. The van der Waals surface area contributed by atoms with Crippen molar-refractivity contribution in [3.63, 3.8) is 0 Å². The predicted molar refractivity (Wildman–Crippen MR) is 63.4 cm³/mol. The molecule has 0 spiro atoms. The van der Waals surface area contributed by atoms with E-state index in [0.29, 0.717) is 25.1 Å². The topological polar surface area (TPSA) is 64.7 Å². The zero-order chi connectivity index (χ0) is 12.0. The smallest absolute Gasteiger partial charge is 0.154 e. The van der Waals surface area contributed by atoms with Gasteiger partial charge in [-0.15, -0.1) is 0 Å². The first-order valence-corrected chi connectivity index (χ1v) is 5.39. The fourth-order valence-electron chi connectivity index (χ4n) is 1.52. The summed E-state index contributed by atoms with van der Waals surface area (Å²) >= 11 is 0. The molecule has 1 aromatic rings. The molecule has 3 N–H and O–H groups in total. The summed E-state index contributed by atoms with van der Waals surface area (Å²) in [5, 5.41) is 9.44. The second-order valence-corrected chi connectivity index (χ2v) is 3.52. The Hall–Kier alpha value is -1.26. The summed E-state index contributed by atoms with van der Waals surface area (Å²) < 4.78 is 10.3. The number of aliphatic hydroxyl groups excluding tert-OH is 1. The maximum Gasteiger partial charge on any atom is 0.154 e. The van der Waals surface area contributed by atoms with E-state index in [1.165, 1.54) is 0 Å². The molecule has 4 nitrogen and oxygen atoms in total. The lowest BCUT2D eigenvalue weighted by Crippen LogP contribution is -2.12. The van der Waals surface area contributed by atoms with Gasteiger partial charge in [-0.25, -0.2) is 0 Å². The van der Waals surface area contributed by atoms with Crippen LogP contribution in [-0.4, -0.2) is 25.1 Å². The average molecular weight is 225 g/mol. The van der Waals surface area contributed by atoms with E-state index in [-0.39, 0.29) is 0 Å². The van der Waals surface area contributed by atoms with Crippen LogP contribution in [0.2, 0.25) is 0 Å². The third-order valence-corrected chi connectivity index (χ3v) is 2.33. The number of hydrogen-bond acceptors (Lipinski definition) is 4. The zero-order valence-corrected chi connectivity index (χ0v) is 9.77. The minimum Gasteiger partial charge on any atom is -0.496 e. The van der Waals surface area contributed by atoms with E-state index in [1.807, 2.05) is 19.1 Å². The summed E-state index contributed by atoms with van der Waals surface area (Å²) in [5.74, 6) is 0.753. The molecule has 16 heavy (non-hydrogen) atoms.